The minimum atomic E-state index is 0.0719. The molecule has 2 aromatic carbocycles. The molecule has 1 fully saturated rings. The summed E-state index contributed by atoms with van der Waals surface area (Å²) in [4.78, 5) is 2.50. The number of likely N-dealkylation sites (tertiary alicyclic amines) is 1. The molecule has 0 unspecified atom stereocenters. The third-order valence-corrected chi connectivity index (χ3v) is 4.19. The summed E-state index contributed by atoms with van der Waals surface area (Å²) < 4.78 is 0. The lowest BCUT2D eigenvalue weighted by molar-refractivity contribution is 0.222. The summed E-state index contributed by atoms with van der Waals surface area (Å²) in [6.45, 7) is 1.17. The largest absolute Gasteiger partial charge is 0.293 e. The standard InChI is InChI=1S/C17H19N/c1-18-14-8-13-17(18,15-9-4-2-5-10-15)16-11-6-3-7-12-16/h2-7,9-12H,8,13-14H2,1H3. The zero-order valence-corrected chi connectivity index (χ0v) is 10.8. The predicted molar refractivity (Wildman–Crippen MR) is 75.5 cm³/mol. The van der Waals surface area contributed by atoms with Gasteiger partial charge in [0, 0.05) is 0 Å². The van der Waals surface area contributed by atoms with Gasteiger partial charge < -0.3 is 0 Å². The van der Waals surface area contributed by atoms with Crippen molar-refractivity contribution in [3.8, 4) is 0 Å². The van der Waals surface area contributed by atoms with Gasteiger partial charge in [0.15, 0.2) is 0 Å². The van der Waals surface area contributed by atoms with Crippen LogP contribution in [0.15, 0.2) is 60.7 Å². The molecule has 0 amide bonds. The Morgan fingerprint density at radius 3 is 1.72 bits per heavy atom. The molecule has 0 aromatic heterocycles. The Labute approximate surface area is 109 Å². The molecular weight excluding hydrogens is 218 g/mol. The number of hydrogen-bond acceptors (Lipinski definition) is 1. The van der Waals surface area contributed by atoms with E-state index in [0.29, 0.717) is 0 Å². The van der Waals surface area contributed by atoms with Crippen LogP contribution in [0, 0.1) is 0 Å². The van der Waals surface area contributed by atoms with Gasteiger partial charge in [0.05, 0.1) is 5.54 Å². The Hall–Kier alpha value is -1.60. The van der Waals surface area contributed by atoms with Crippen LogP contribution < -0.4 is 0 Å². The molecule has 0 radical (unpaired) electrons. The van der Waals surface area contributed by atoms with E-state index in [4.69, 9.17) is 0 Å². The fourth-order valence-corrected chi connectivity index (χ4v) is 3.28. The maximum Gasteiger partial charge on any atom is 0.0713 e. The summed E-state index contributed by atoms with van der Waals surface area (Å²) in [5, 5.41) is 0. The average molecular weight is 237 g/mol. The van der Waals surface area contributed by atoms with Gasteiger partial charge in [-0.05, 0) is 37.6 Å². The molecule has 18 heavy (non-hydrogen) atoms. The van der Waals surface area contributed by atoms with E-state index in [1.54, 1.807) is 0 Å². The van der Waals surface area contributed by atoms with Gasteiger partial charge in [-0.2, -0.15) is 0 Å². The second kappa shape index (κ2) is 4.58. The maximum absolute atomic E-state index is 2.50. The van der Waals surface area contributed by atoms with E-state index in [1.165, 1.54) is 30.5 Å². The summed E-state index contributed by atoms with van der Waals surface area (Å²) in [6.07, 6.45) is 2.47. The second-order valence-corrected chi connectivity index (χ2v) is 5.12. The van der Waals surface area contributed by atoms with E-state index < -0.39 is 0 Å². The Morgan fingerprint density at radius 2 is 1.33 bits per heavy atom. The first-order valence-electron chi connectivity index (χ1n) is 6.66. The monoisotopic (exact) mass is 237 g/mol. The lowest BCUT2D eigenvalue weighted by atomic mass is 9.81. The molecule has 1 heterocycles. The van der Waals surface area contributed by atoms with Crippen molar-refractivity contribution in [2.75, 3.05) is 13.6 Å². The van der Waals surface area contributed by atoms with Crippen molar-refractivity contribution in [1.29, 1.82) is 0 Å². The highest BCUT2D eigenvalue weighted by Crippen LogP contribution is 2.43. The third-order valence-electron chi connectivity index (χ3n) is 4.19. The highest BCUT2D eigenvalue weighted by molar-refractivity contribution is 5.39. The molecule has 3 rings (SSSR count). The van der Waals surface area contributed by atoms with Crippen molar-refractivity contribution in [1.82, 2.24) is 4.90 Å². The van der Waals surface area contributed by atoms with Gasteiger partial charge in [-0.15, -0.1) is 0 Å². The van der Waals surface area contributed by atoms with E-state index >= 15 is 0 Å². The van der Waals surface area contributed by atoms with Crippen LogP contribution in [0.25, 0.3) is 0 Å². The Morgan fingerprint density at radius 1 is 0.833 bits per heavy atom. The zero-order chi connectivity index (χ0) is 12.4. The van der Waals surface area contributed by atoms with Crippen LogP contribution in [0.3, 0.4) is 0 Å². The molecule has 0 aliphatic carbocycles. The number of rotatable bonds is 2. The van der Waals surface area contributed by atoms with E-state index in [1.807, 2.05) is 0 Å². The van der Waals surface area contributed by atoms with Crippen LogP contribution in [-0.4, -0.2) is 18.5 Å². The van der Waals surface area contributed by atoms with Crippen molar-refractivity contribution in [3.63, 3.8) is 0 Å². The highest BCUT2D eigenvalue weighted by atomic mass is 15.2. The van der Waals surface area contributed by atoms with Gasteiger partial charge >= 0.3 is 0 Å². The van der Waals surface area contributed by atoms with Crippen LogP contribution in [0.1, 0.15) is 24.0 Å². The van der Waals surface area contributed by atoms with E-state index in [0.717, 1.165) is 0 Å². The molecule has 0 saturated carbocycles. The van der Waals surface area contributed by atoms with Gasteiger partial charge in [-0.3, -0.25) is 4.90 Å². The van der Waals surface area contributed by atoms with Crippen molar-refractivity contribution in [2.24, 2.45) is 0 Å². The van der Waals surface area contributed by atoms with E-state index in [2.05, 4.69) is 72.6 Å². The summed E-state index contributed by atoms with van der Waals surface area (Å²) in [6, 6.07) is 21.8. The minimum absolute atomic E-state index is 0.0719. The molecule has 1 aliphatic rings. The van der Waals surface area contributed by atoms with Crippen molar-refractivity contribution in [2.45, 2.75) is 18.4 Å². The summed E-state index contributed by atoms with van der Waals surface area (Å²) in [5.41, 5.74) is 2.90. The molecule has 0 bridgehead atoms. The zero-order valence-electron chi connectivity index (χ0n) is 10.8. The Kier molecular flexibility index (Phi) is 2.92. The number of benzene rings is 2. The average Bonchev–Trinajstić information content (AvgIpc) is 2.84. The normalized spacial score (nSPS) is 18.9. The Balaban J connectivity index is 2.17. The summed E-state index contributed by atoms with van der Waals surface area (Å²) in [5.74, 6) is 0. The SMILES string of the molecule is CN1CCCC1(c1ccccc1)c1ccccc1. The van der Waals surface area contributed by atoms with Crippen LogP contribution >= 0.6 is 0 Å². The minimum Gasteiger partial charge on any atom is -0.293 e. The van der Waals surface area contributed by atoms with Gasteiger partial charge in [0.25, 0.3) is 0 Å². The molecular formula is C17H19N. The first-order valence-corrected chi connectivity index (χ1v) is 6.66. The molecule has 92 valence electrons. The lowest BCUT2D eigenvalue weighted by Gasteiger charge is -2.37. The van der Waals surface area contributed by atoms with Crippen LogP contribution in [0.2, 0.25) is 0 Å². The van der Waals surface area contributed by atoms with Crippen molar-refractivity contribution < 1.29 is 0 Å². The highest BCUT2D eigenvalue weighted by Gasteiger charge is 2.41. The molecule has 1 heteroatoms. The van der Waals surface area contributed by atoms with E-state index in [-0.39, 0.29) is 5.54 Å². The quantitative estimate of drug-likeness (QED) is 0.770. The van der Waals surface area contributed by atoms with E-state index in [9.17, 15) is 0 Å². The molecule has 2 aromatic rings. The van der Waals surface area contributed by atoms with Crippen LogP contribution in [0.4, 0.5) is 0 Å². The maximum atomic E-state index is 2.50. The van der Waals surface area contributed by atoms with Gasteiger partial charge in [-0.1, -0.05) is 60.7 Å². The first-order chi connectivity index (χ1) is 8.84. The van der Waals surface area contributed by atoms with Crippen molar-refractivity contribution >= 4 is 0 Å². The molecule has 0 N–H and O–H groups in total. The first kappa shape index (κ1) is 11.5. The molecule has 1 nitrogen and oxygen atoms in total. The Bertz CT molecular complexity index is 464. The summed E-state index contributed by atoms with van der Waals surface area (Å²) >= 11 is 0. The van der Waals surface area contributed by atoms with Crippen LogP contribution in [0.5, 0.6) is 0 Å². The number of hydrogen-bond donors (Lipinski definition) is 0. The number of nitrogens with zero attached hydrogens (tertiary/aromatic N) is 1. The fraction of sp³-hybridized carbons (Fsp3) is 0.294. The van der Waals surface area contributed by atoms with Gasteiger partial charge in [0.1, 0.15) is 0 Å². The smallest absolute Gasteiger partial charge is 0.0713 e. The lowest BCUT2D eigenvalue weighted by Crippen LogP contribution is -2.39. The molecule has 0 spiro atoms. The molecule has 1 aliphatic heterocycles. The molecule has 0 atom stereocenters. The van der Waals surface area contributed by atoms with Gasteiger partial charge in [0.2, 0.25) is 0 Å². The van der Waals surface area contributed by atoms with Crippen LogP contribution in [-0.2, 0) is 5.54 Å². The summed E-state index contributed by atoms with van der Waals surface area (Å²) in [7, 11) is 2.24. The second-order valence-electron chi connectivity index (χ2n) is 5.12. The third kappa shape index (κ3) is 1.67. The fourth-order valence-electron chi connectivity index (χ4n) is 3.28. The topological polar surface area (TPSA) is 3.24 Å². The van der Waals surface area contributed by atoms with Gasteiger partial charge in [-0.25, -0.2) is 0 Å². The predicted octanol–water partition coefficient (Wildman–Crippen LogP) is 3.66. The van der Waals surface area contributed by atoms with Crippen molar-refractivity contribution in [3.05, 3.63) is 71.8 Å². The molecule has 1 saturated heterocycles.